The largest absolute Gasteiger partial charge is 0.492 e. The SMILES string of the molecule is CCC1CN(CCOc2ccc(Br)cc2)C(C)(CC)CN1. The van der Waals surface area contributed by atoms with E-state index < -0.39 is 0 Å². The number of ether oxygens (including phenoxy) is 1. The average molecular weight is 355 g/mol. The molecular formula is C17H27BrN2O. The fourth-order valence-electron chi connectivity index (χ4n) is 2.81. The van der Waals surface area contributed by atoms with Crippen LogP contribution in [0.4, 0.5) is 0 Å². The van der Waals surface area contributed by atoms with Crippen LogP contribution in [0.2, 0.25) is 0 Å². The summed E-state index contributed by atoms with van der Waals surface area (Å²) in [6.45, 7) is 10.8. The van der Waals surface area contributed by atoms with Crippen LogP contribution in [0, 0.1) is 0 Å². The molecule has 4 heteroatoms. The Kier molecular flexibility index (Phi) is 6.08. The van der Waals surface area contributed by atoms with Gasteiger partial charge in [0.1, 0.15) is 12.4 Å². The molecule has 1 fully saturated rings. The van der Waals surface area contributed by atoms with Crippen LogP contribution in [0.1, 0.15) is 33.6 Å². The molecule has 1 saturated heterocycles. The number of hydrogen-bond acceptors (Lipinski definition) is 3. The second kappa shape index (κ2) is 7.61. The predicted molar refractivity (Wildman–Crippen MR) is 92.0 cm³/mol. The molecule has 0 spiro atoms. The Labute approximate surface area is 137 Å². The maximum absolute atomic E-state index is 5.89. The van der Waals surface area contributed by atoms with Crippen molar-refractivity contribution in [2.45, 2.75) is 45.2 Å². The van der Waals surface area contributed by atoms with Crippen molar-refractivity contribution in [2.75, 3.05) is 26.2 Å². The van der Waals surface area contributed by atoms with Crippen LogP contribution in [-0.2, 0) is 0 Å². The zero-order chi connectivity index (χ0) is 15.3. The lowest BCUT2D eigenvalue weighted by Crippen LogP contribution is -2.63. The van der Waals surface area contributed by atoms with Crippen LogP contribution in [0.3, 0.4) is 0 Å². The molecule has 2 rings (SSSR count). The van der Waals surface area contributed by atoms with Crippen LogP contribution >= 0.6 is 15.9 Å². The molecule has 1 aliphatic heterocycles. The molecule has 1 heterocycles. The van der Waals surface area contributed by atoms with Gasteiger partial charge in [-0.2, -0.15) is 0 Å². The quantitative estimate of drug-likeness (QED) is 0.843. The zero-order valence-electron chi connectivity index (χ0n) is 13.4. The van der Waals surface area contributed by atoms with Crippen LogP contribution in [-0.4, -0.2) is 42.7 Å². The zero-order valence-corrected chi connectivity index (χ0v) is 14.9. The molecule has 0 aromatic heterocycles. The van der Waals surface area contributed by atoms with Crippen molar-refractivity contribution in [3.05, 3.63) is 28.7 Å². The molecule has 0 saturated carbocycles. The van der Waals surface area contributed by atoms with Gasteiger partial charge in [0, 0.05) is 35.7 Å². The fourth-order valence-corrected chi connectivity index (χ4v) is 3.08. The van der Waals surface area contributed by atoms with E-state index in [1.165, 1.54) is 6.42 Å². The van der Waals surface area contributed by atoms with Crippen molar-refractivity contribution in [1.29, 1.82) is 0 Å². The highest BCUT2D eigenvalue weighted by atomic mass is 79.9. The van der Waals surface area contributed by atoms with E-state index in [4.69, 9.17) is 4.74 Å². The predicted octanol–water partition coefficient (Wildman–Crippen LogP) is 3.68. The molecule has 2 unspecified atom stereocenters. The van der Waals surface area contributed by atoms with Gasteiger partial charge in [-0.3, -0.25) is 4.90 Å². The summed E-state index contributed by atoms with van der Waals surface area (Å²) < 4.78 is 6.97. The van der Waals surface area contributed by atoms with Gasteiger partial charge < -0.3 is 10.1 Å². The minimum atomic E-state index is 0.245. The molecule has 3 nitrogen and oxygen atoms in total. The van der Waals surface area contributed by atoms with Gasteiger partial charge in [0.15, 0.2) is 0 Å². The van der Waals surface area contributed by atoms with Crippen LogP contribution in [0.25, 0.3) is 0 Å². The van der Waals surface area contributed by atoms with Crippen molar-refractivity contribution < 1.29 is 4.74 Å². The number of rotatable bonds is 6. The third-order valence-electron chi connectivity index (χ3n) is 4.67. The molecule has 21 heavy (non-hydrogen) atoms. The lowest BCUT2D eigenvalue weighted by atomic mass is 9.91. The van der Waals surface area contributed by atoms with E-state index in [2.05, 4.69) is 46.9 Å². The van der Waals surface area contributed by atoms with E-state index in [1.807, 2.05) is 24.3 Å². The molecule has 0 amide bonds. The van der Waals surface area contributed by atoms with Gasteiger partial charge in [0.2, 0.25) is 0 Å². The van der Waals surface area contributed by atoms with E-state index >= 15 is 0 Å². The Balaban J connectivity index is 1.88. The van der Waals surface area contributed by atoms with E-state index in [9.17, 15) is 0 Å². The summed E-state index contributed by atoms with van der Waals surface area (Å²) >= 11 is 3.44. The van der Waals surface area contributed by atoms with Crippen molar-refractivity contribution in [2.24, 2.45) is 0 Å². The molecule has 1 aliphatic rings. The van der Waals surface area contributed by atoms with Gasteiger partial charge in [0.25, 0.3) is 0 Å². The molecule has 0 radical (unpaired) electrons. The number of nitrogens with one attached hydrogen (secondary N) is 1. The number of benzene rings is 1. The first-order valence-corrected chi connectivity index (χ1v) is 8.73. The second-order valence-corrected chi connectivity index (χ2v) is 7.00. The summed E-state index contributed by atoms with van der Waals surface area (Å²) in [6, 6.07) is 8.66. The maximum atomic E-state index is 5.89. The van der Waals surface area contributed by atoms with E-state index in [1.54, 1.807) is 0 Å². The first kappa shape index (κ1) is 16.8. The molecule has 1 aromatic rings. The van der Waals surface area contributed by atoms with Gasteiger partial charge in [0.05, 0.1) is 0 Å². The second-order valence-electron chi connectivity index (χ2n) is 6.08. The van der Waals surface area contributed by atoms with E-state index in [0.29, 0.717) is 6.04 Å². The van der Waals surface area contributed by atoms with Crippen molar-refractivity contribution in [3.8, 4) is 5.75 Å². The summed E-state index contributed by atoms with van der Waals surface area (Å²) in [4.78, 5) is 2.59. The van der Waals surface area contributed by atoms with Gasteiger partial charge in [-0.25, -0.2) is 0 Å². The summed E-state index contributed by atoms with van der Waals surface area (Å²) in [5.41, 5.74) is 0.245. The average Bonchev–Trinajstić information content (AvgIpc) is 2.51. The monoisotopic (exact) mass is 354 g/mol. The van der Waals surface area contributed by atoms with Crippen LogP contribution in [0.15, 0.2) is 28.7 Å². The van der Waals surface area contributed by atoms with Gasteiger partial charge in [-0.05, 0) is 44.0 Å². The lowest BCUT2D eigenvalue weighted by molar-refractivity contribution is 0.0367. The Morgan fingerprint density at radius 1 is 1.33 bits per heavy atom. The molecule has 118 valence electrons. The summed E-state index contributed by atoms with van der Waals surface area (Å²) in [5, 5.41) is 3.67. The maximum Gasteiger partial charge on any atom is 0.119 e. The Morgan fingerprint density at radius 3 is 2.67 bits per heavy atom. The van der Waals surface area contributed by atoms with E-state index in [-0.39, 0.29) is 5.54 Å². The summed E-state index contributed by atoms with van der Waals surface area (Å²) in [6.07, 6.45) is 2.35. The molecule has 0 bridgehead atoms. The van der Waals surface area contributed by atoms with Crippen LogP contribution in [0.5, 0.6) is 5.75 Å². The standard InChI is InChI=1S/C17H27BrN2O/c1-4-15-12-20(17(3,5-2)13-19-15)10-11-21-16-8-6-14(18)7-9-16/h6-9,15,19H,4-5,10-13H2,1-3H3. The lowest BCUT2D eigenvalue weighted by Gasteiger charge is -2.47. The molecule has 1 aromatic carbocycles. The normalized spacial score (nSPS) is 26.8. The van der Waals surface area contributed by atoms with Crippen molar-refractivity contribution in [3.63, 3.8) is 0 Å². The van der Waals surface area contributed by atoms with Gasteiger partial charge in [-0.1, -0.05) is 29.8 Å². The Morgan fingerprint density at radius 2 is 2.05 bits per heavy atom. The minimum absolute atomic E-state index is 0.245. The first-order chi connectivity index (χ1) is 10.1. The highest BCUT2D eigenvalue weighted by molar-refractivity contribution is 9.10. The Hall–Kier alpha value is -0.580. The first-order valence-electron chi connectivity index (χ1n) is 7.94. The van der Waals surface area contributed by atoms with Gasteiger partial charge >= 0.3 is 0 Å². The number of nitrogens with zero attached hydrogens (tertiary/aromatic N) is 1. The highest BCUT2D eigenvalue weighted by Crippen LogP contribution is 2.23. The molecule has 2 atom stereocenters. The smallest absolute Gasteiger partial charge is 0.119 e. The highest BCUT2D eigenvalue weighted by Gasteiger charge is 2.35. The molecular weight excluding hydrogens is 328 g/mol. The van der Waals surface area contributed by atoms with E-state index in [0.717, 1.165) is 42.9 Å². The van der Waals surface area contributed by atoms with Crippen LogP contribution < -0.4 is 10.1 Å². The molecule has 1 N–H and O–H groups in total. The fraction of sp³-hybridized carbons (Fsp3) is 0.647. The third-order valence-corrected chi connectivity index (χ3v) is 5.20. The summed E-state index contributed by atoms with van der Waals surface area (Å²) in [5.74, 6) is 0.943. The van der Waals surface area contributed by atoms with Crippen molar-refractivity contribution >= 4 is 15.9 Å². The number of piperazine rings is 1. The summed E-state index contributed by atoms with van der Waals surface area (Å²) in [7, 11) is 0. The molecule has 0 aliphatic carbocycles. The minimum Gasteiger partial charge on any atom is -0.492 e. The Bertz CT molecular complexity index is 437. The third kappa shape index (κ3) is 4.44. The number of hydrogen-bond donors (Lipinski definition) is 1. The topological polar surface area (TPSA) is 24.5 Å². The van der Waals surface area contributed by atoms with Gasteiger partial charge in [-0.15, -0.1) is 0 Å². The van der Waals surface area contributed by atoms with Crippen molar-refractivity contribution in [1.82, 2.24) is 10.2 Å². The number of halogens is 1.